The zero-order chi connectivity index (χ0) is 11.7. The highest BCUT2D eigenvalue weighted by Crippen LogP contribution is 2.32. The molecule has 0 aliphatic carbocycles. The van der Waals surface area contributed by atoms with Gasteiger partial charge in [-0.25, -0.2) is 4.98 Å². The van der Waals surface area contributed by atoms with E-state index in [0.717, 1.165) is 20.8 Å². The summed E-state index contributed by atoms with van der Waals surface area (Å²) in [7, 11) is 1.96. The van der Waals surface area contributed by atoms with Crippen molar-refractivity contribution in [3.05, 3.63) is 34.3 Å². The first kappa shape index (κ1) is 11.2. The van der Waals surface area contributed by atoms with E-state index in [1.807, 2.05) is 43.1 Å². The van der Waals surface area contributed by atoms with E-state index in [2.05, 4.69) is 4.98 Å². The molecule has 2 aromatic heterocycles. The van der Waals surface area contributed by atoms with Gasteiger partial charge in [0.1, 0.15) is 5.82 Å². The smallest absolute Gasteiger partial charge is 0.133 e. The molecule has 2 heterocycles. The zero-order valence-corrected chi connectivity index (χ0v) is 10.6. The van der Waals surface area contributed by atoms with Crippen LogP contribution < -0.4 is 10.6 Å². The molecule has 0 fully saturated rings. The van der Waals surface area contributed by atoms with E-state index in [-0.39, 0.29) is 0 Å². The SMILES string of the molecule is Cc1nc(N(C)c2ccc(Cl)s2)ccc1N. The van der Waals surface area contributed by atoms with Crippen molar-refractivity contribution >= 4 is 39.4 Å². The van der Waals surface area contributed by atoms with Gasteiger partial charge >= 0.3 is 0 Å². The number of aryl methyl sites for hydroxylation is 1. The lowest BCUT2D eigenvalue weighted by Gasteiger charge is -2.16. The molecule has 0 amide bonds. The van der Waals surface area contributed by atoms with Gasteiger partial charge in [-0.05, 0) is 31.2 Å². The van der Waals surface area contributed by atoms with Crippen molar-refractivity contribution in [2.45, 2.75) is 6.92 Å². The van der Waals surface area contributed by atoms with Crippen LogP contribution in [0.2, 0.25) is 4.34 Å². The Bertz CT molecular complexity index is 510. The Kier molecular flexibility index (Phi) is 3.03. The van der Waals surface area contributed by atoms with E-state index in [1.54, 1.807) is 0 Å². The molecule has 0 radical (unpaired) electrons. The summed E-state index contributed by atoms with van der Waals surface area (Å²) in [5.74, 6) is 0.866. The van der Waals surface area contributed by atoms with Gasteiger partial charge < -0.3 is 10.6 Å². The van der Waals surface area contributed by atoms with Crippen LogP contribution in [0.3, 0.4) is 0 Å². The zero-order valence-electron chi connectivity index (χ0n) is 9.07. The first-order valence-electron chi connectivity index (χ1n) is 4.80. The van der Waals surface area contributed by atoms with Gasteiger partial charge in [0.05, 0.1) is 20.7 Å². The molecule has 0 spiro atoms. The summed E-state index contributed by atoms with van der Waals surface area (Å²) in [6, 6.07) is 7.61. The van der Waals surface area contributed by atoms with E-state index in [4.69, 9.17) is 17.3 Å². The molecule has 0 aliphatic rings. The molecule has 0 aliphatic heterocycles. The lowest BCUT2D eigenvalue weighted by atomic mass is 10.3. The summed E-state index contributed by atoms with van der Waals surface area (Å²) >= 11 is 7.42. The van der Waals surface area contributed by atoms with Crippen LogP contribution in [-0.2, 0) is 0 Å². The summed E-state index contributed by atoms with van der Waals surface area (Å²) in [5.41, 5.74) is 7.28. The Hall–Kier alpha value is -1.26. The summed E-state index contributed by atoms with van der Waals surface area (Å²) < 4.78 is 0.772. The van der Waals surface area contributed by atoms with E-state index in [0.29, 0.717) is 5.69 Å². The van der Waals surface area contributed by atoms with E-state index in [1.165, 1.54) is 11.3 Å². The number of thiophene rings is 1. The molecular weight excluding hydrogens is 242 g/mol. The summed E-state index contributed by atoms with van der Waals surface area (Å²) in [4.78, 5) is 6.41. The van der Waals surface area contributed by atoms with E-state index in [9.17, 15) is 0 Å². The fourth-order valence-corrected chi connectivity index (χ4v) is 2.35. The highest BCUT2D eigenvalue weighted by atomic mass is 35.5. The molecule has 3 nitrogen and oxygen atoms in total. The number of hydrogen-bond donors (Lipinski definition) is 1. The minimum atomic E-state index is 0.710. The third-order valence-electron chi connectivity index (χ3n) is 2.35. The monoisotopic (exact) mass is 253 g/mol. The lowest BCUT2D eigenvalue weighted by molar-refractivity contribution is 1.11. The summed E-state index contributed by atoms with van der Waals surface area (Å²) in [6.07, 6.45) is 0. The number of nitrogen functional groups attached to an aromatic ring is 1. The molecule has 0 bridgehead atoms. The second kappa shape index (κ2) is 4.31. The van der Waals surface area contributed by atoms with Gasteiger partial charge in [0.2, 0.25) is 0 Å². The van der Waals surface area contributed by atoms with Crippen molar-refractivity contribution in [2.24, 2.45) is 0 Å². The molecule has 0 saturated carbocycles. The van der Waals surface area contributed by atoms with Gasteiger partial charge in [-0.1, -0.05) is 11.6 Å². The van der Waals surface area contributed by atoms with Crippen molar-refractivity contribution in [1.82, 2.24) is 4.98 Å². The molecule has 0 unspecified atom stereocenters. The lowest BCUT2D eigenvalue weighted by Crippen LogP contribution is -2.10. The van der Waals surface area contributed by atoms with Crippen LogP contribution in [0.5, 0.6) is 0 Å². The normalized spacial score (nSPS) is 10.4. The van der Waals surface area contributed by atoms with Crippen LogP contribution in [0.1, 0.15) is 5.69 Å². The average Bonchev–Trinajstić information content (AvgIpc) is 2.68. The highest BCUT2D eigenvalue weighted by Gasteiger charge is 2.08. The minimum Gasteiger partial charge on any atom is -0.397 e. The minimum absolute atomic E-state index is 0.710. The molecule has 2 N–H and O–H groups in total. The Balaban J connectivity index is 2.33. The fourth-order valence-electron chi connectivity index (χ4n) is 1.34. The van der Waals surface area contributed by atoms with Crippen LogP contribution in [0.15, 0.2) is 24.3 Å². The Morgan fingerprint density at radius 1 is 1.31 bits per heavy atom. The van der Waals surface area contributed by atoms with Crippen LogP contribution in [0.25, 0.3) is 0 Å². The maximum atomic E-state index is 5.90. The van der Waals surface area contributed by atoms with Crippen LogP contribution >= 0.6 is 22.9 Å². The number of nitrogens with zero attached hydrogens (tertiary/aromatic N) is 2. The summed E-state index contributed by atoms with van der Waals surface area (Å²) in [6.45, 7) is 1.90. The summed E-state index contributed by atoms with van der Waals surface area (Å²) in [5, 5.41) is 1.06. The predicted octanol–water partition coefficient (Wildman–Crippen LogP) is 3.46. The number of pyridine rings is 1. The number of hydrogen-bond acceptors (Lipinski definition) is 4. The van der Waals surface area contributed by atoms with Crippen LogP contribution in [0, 0.1) is 6.92 Å². The van der Waals surface area contributed by atoms with Gasteiger partial charge in [-0.3, -0.25) is 0 Å². The Morgan fingerprint density at radius 3 is 2.62 bits per heavy atom. The number of halogens is 1. The Morgan fingerprint density at radius 2 is 2.06 bits per heavy atom. The largest absolute Gasteiger partial charge is 0.397 e. The fraction of sp³-hybridized carbons (Fsp3) is 0.182. The second-order valence-electron chi connectivity index (χ2n) is 3.48. The highest BCUT2D eigenvalue weighted by molar-refractivity contribution is 7.20. The average molecular weight is 254 g/mol. The standard InChI is InChI=1S/C11H12ClN3S/c1-7-8(13)3-5-10(14-7)15(2)11-6-4-9(12)16-11/h3-6H,13H2,1-2H3. The van der Waals surface area contributed by atoms with Gasteiger partial charge in [0.25, 0.3) is 0 Å². The topological polar surface area (TPSA) is 42.2 Å². The van der Waals surface area contributed by atoms with Gasteiger partial charge in [0, 0.05) is 7.05 Å². The van der Waals surface area contributed by atoms with E-state index < -0.39 is 0 Å². The molecule has 0 aromatic carbocycles. The van der Waals surface area contributed by atoms with Crippen molar-refractivity contribution < 1.29 is 0 Å². The van der Waals surface area contributed by atoms with E-state index >= 15 is 0 Å². The molecular formula is C11H12ClN3S. The van der Waals surface area contributed by atoms with Crippen molar-refractivity contribution in [2.75, 3.05) is 17.7 Å². The van der Waals surface area contributed by atoms with Crippen molar-refractivity contribution in [3.8, 4) is 0 Å². The first-order chi connectivity index (χ1) is 7.58. The molecule has 84 valence electrons. The maximum Gasteiger partial charge on any atom is 0.133 e. The first-order valence-corrected chi connectivity index (χ1v) is 5.99. The molecule has 0 saturated heterocycles. The number of nitrogens with two attached hydrogens (primary N) is 1. The molecule has 2 aromatic rings. The third kappa shape index (κ3) is 2.13. The quantitative estimate of drug-likeness (QED) is 0.891. The van der Waals surface area contributed by atoms with Crippen molar-refractivity contribution in [1.29, 1.82) is 0 Å². The number of anilines is 3. The Labute approximate surface area is 103 Å². The van der Waals surface area contributed by atoms with Gasteiger partial charge in [-0.15, -0.1) is 11.3 Å². The second-order valence-corrected chi connectivity index (χ2v) is 5.17. The van der Waals surface area contributed by atoms with Gasteiger partial charge in [-0.2, -0.15) is 0 Å². The van der Waals surface area contributed by atoms with Gasteiger partial charge in [0.15, 0.2) is 0 Å². The molecule has 2 rings (SSSR count). The third-order valence-corrected chi connectivity index (χ3v) is 3.65. The predicted molar refractivity (Wildman–Crippen MR) is 70.8 cm³/mol. The van der Waals surface area contributed by atoms with Crippen LogP contribution in [0.4, 0.5) is 16.5 Å². The molecule has 16 heavy (non-hydrogen) atoms. The molecule has 5 heteroatoms. The van der Waals surface area contributed by atoms with Crippen LogP contribution in [-0.4, -0.2) is 12.0 Å². The number of aromatic nitrogens is 1. The number of rotatable bonds is 2. The molecule has 0 atom stereocenters. The maximum absolute atomic E-state index is 5.90. The van der Waals surface area contributed by atoms with Crippen molar-refractivity contribution in [3.63, 3.8) is 0 Å².